The van der Waals surface area contributed by atoms with Crippen LogP contribution in [0.25, 0.3) is 5.69 Å². The highest BCUT2D eigenvalue weighted by molar-refractivity contribution is 5.35. The second-order valence-electron chi connectivity index (χ2n) is 3.53. The van der Waals surface area contributed by atoms with E-state index >= 15 is 0 Å². The van der Waals surface area contributed by atoms with Crippen molar-refractivity contribution in [3.8, 4) is 5.69 Å². The quantitative estimate of drug-likeness (QED) is 0.821. The van der Waals surface area contributed by atoms with Crippen molar-refractivity contribution in [3.05, 3.63) is 48.0 Å². The summed E-state index contributed by atoms with van der Waals surface area (Å²) in [6.45, 7) is 2.68. The lowest BCUT2D eigenvalue weighted by Crippen LogP contribution is -2.09. The highest BCUT2D eigenvalue weighted by Gasteiger charge is 2.07. The summed E-state index contributed by atoms with van der Waals surface area (Å²) >= 11 is 0. The van der Waals surface area contributed by atoms with E-state index in [2.05, 4.69) is 28.6 Å². The number of nitrogens with two attached hydrogens (primary N) is 1. The third kappa shape index (κ3) is 1.92. The number of hydrogen-bond donors (Lipinski definition) is 1. The summed E-state index contributed by atoms with van der Waals surface area (Å²) in [4.78, 5) is 4.36. The van der Waals surface area contributed by atoms with Crippen LogP contribution in [0.2, 0.25) is 0 Å². The minimum Gasteiger partial charge on any atom is -0.330 e. The standard InChI is InChI=1S/C12H15N3/c1-10-9-14-12(7-8-13)15(10)11-5-3-2-4-6-11/h2-6,9H,7-8,13H2,1H3. The molecule has 1 heterocycles. The predicted octanol–water partition coefficient (Wildman–Crippen LogP) is 1.68. The van der Waals surface area contributed by atoms with E-state index in [0.29, 0.717) is 6.54 Å². The van der Waals surface area contributed by atoms with Gasteiger partial charge in [0, 0.05) is 24.0 Å². The smallest absolute Gasteiger partial charge is 0.114 e. The number of rotatable bonds is 3. The minimum atomic E-state index is 0.628. The molecule has 0 amide bonds. The number of para-hydroxylation sites is 1. The van der Waals surface area contributed by atoms with Crippen LogP contribution in [0.5, 0.6) is 0 Å². The Bertz CT molecular complexity index is 431. The first kappa shape index (κ1) is 9.93. The van der Waals surface area contributed by atoms with E-state index in [9.17, 15) is 0 Å². The Morgan fingerprint density at radius 2 is 2.00 bits per heavy atom. The normalized spacial score (nSPS) is 10.5. The van der Waals surface area contributed by atoms with E-state index in [4.69, 9.17) is 5.73 Å². The lowest BCUT2D eigenvalue weighted by atomic mass is 10.3. The Labute approximate surface area is 89.6 Å². The molecule has 15 heavy (non-hydrogen) atoms. The fourth-order valence-corrected chi connectivity index (χ4v) is 1.72. The van der Waals surface area contributed by atoms with Crippen LogP contribution in [-0.4, -0.2) is 16.1 Å². The summed E-state index contributed by atoms with van der Waals surface area (Å²) in [5.41, 5.74) is 7.86. The molecule has 3 nitrogen and oxygen atoms in total. The zero-order chi connectivity index (χ0) is 10.7. The average Bonchev–Trinajstić information content (AvgIpc) is 2.62. The highest BCUT2D eigenvalue weighted by Crippen LogP contribution is 2.14. The number of aryl methyl sites for hydroxylation is 1. The van der Waals surface area contributed by atoms with Gasteiger partial charge in [0.2, 0.25) is 0 Å². The van der Waals surface area contributed by atoms with E-state index in [1.165, 1.54) is 0 Å². The summed E-state index contributed by atoms with van der Waals surface area (Å²) in [5.74, 6) is 1.03. The van der Waals surface area contributed by atoms with Crippen LogP contribution in [-0.2, 0) is 6.42 Å². The van der Waals surface area contributed by atoms with Gasteiger partial charge in [-0.1, -0.05) is 18.2 Å². The Kier molecular flexibility index (Phi) is 2.83. The molecule has 78 valence electrons. The summed E-state index contributed by atoms with van der Waals surface area (Å²) in [5, 5.41) is 0. The molecule has 0 saturated heterocycles. The molecule has 0 aliphatic carbocycles. The third-order valence-electron chi connectivity index (χ3n) is 2.39. The van der Waals surface area contributed by atoms with Gasteiger partial charge in [0.25, 0.3) is 0 Å². The van der Waals surface area contributed by atoms with Gasteiger partial charge in [-0.3, -0.25) is 0 Å². The summed E-state index contributed by atoms with van der Waals surface area (Å²) in [6, 6.07) is 10.2. The van der Waals surface area contributed by atoms with Crippen LogP contribution >= 0.6 is 0 Å². The maximum absolute atomic E-state index is 5.56. The third-order valence-corrected chi connectivity index (χ3v) is 2.39. The maximum Gasteiger partial charge on any atom is 0.114 e. The van der Waals surface area contributed by atoms with E-state index in [1.807, 2.05) is 24.4 Å². The van der Waals surface area contributed by atoms with Crippen LogP contribution in [0.3, 0.4) is 0 Å². The van der Waals surface area contributed by atoms with Crippen LogP contribution < -0.4 is 5.73 Å². The molecule has 0 aliphatic heterocycles. The van der Waals surface area contributed by atoms with Crippen LogP contribution in [0.1, 0.15) is 11.5 Å². The molecule has 0 atom stereocenters. The van der Waals surface area contributed by atoms with Crippen LogP contribution in [0.4, 0.5) is 0 Å². The monoisotopic (exact) mass is 201 g/mol. The first-order valence-corrected chi connectivity index (χ1v) is 5.11. The van der Waals surface area contributed by atoms with E-state index in [0.717, 1.165) is 23.6 Å². The molecule has 0 spiro atoms. The lowest BCUT2D eigenvalue weighted by molar-refractivity contribution is 0.826. The van der Waals surface area contributed by atoms with Gasteiger partial charge in [-0.2, -0.15) is 0 Å². The molecule has 2 N–H and O–H groups in total. The molecule has 1 aromatic carbocycles. The minimum absolute atomic E-state index is 0.628. The van der Waals surface area contributed by atoms with Gasteiger partial charge < -0.3 is 10.3 Å². The van der Waals surface area contributed by atoms with Crippen molar-refractivity contribution >= 4 is 0 Å². The number of imidazole rings is 1. The fourth-order valence-electron chi connectivity index (χ4n) is 1.72. The van der Waals surface area contributed by atoms with Crippen molar-refractivity contribution in [1.82, 2.24) is 9.55 Å². The van der Waals surface area contributed by atoms with Crippen molar-refractivity contribution in [2.75, 3.05) is 6.54 Å². The van der Waals surface area contributed by atoms with Gasteiger partial charge in [-0.15, -0.1) is 0 Å². The Balaban J connectivity index is 2.47. The zero-order valence-electron chi connectivity index (χ0n) is 8.85. The molecule has 0 unspecified atom stereocenters. The number of benzene rings is 1. The van der Waals surface area contributed by atoms with Gasteiger partial charge in [-0.25, -0.2) is 4.98 Å². The van der Waals surface area contributed by atoms with E-state index in [-0.39, 0.29) is 0 Å². The molecule has 3 heteroatoms. The largest absolute Gasteiger partial charge is 0.330 e. The highest BCUT2D eigenvalue weighted by atomic mass is 15.1. The zero-order valence-corrected chi connectivity index (χ0v) is 8.85. The molecule has 0 radical (unpaired) electrons. The number of aromatic nitrogens is 2. The van der Waals surface area contributed by atoms with Crippen molar-refractivity contribution in [1.29, 1.82) is 0 Å². The lowest BCUT2D eigenvalue weighted by Gasteiger charge is -2.09. The van der Waals surface area contributed by atoms with Gasteiger partial charge in [0.05, 0.1) is 0 Å². The predicted molar refractivity (Wildman–Crippen MR) is 61.1 cm³/mol. The number of hydrogen-bond acceptors (Lipinski definition) is 2. The van der Waals surface area contributed by atoms with Gasteiger partial charge in [0.15, 0.2) is 0 Å². The molecule has 0 saturated carbocycles. The first-order valence-electron chi connectivity index (χ1n) is 5.11. The van der Waals surface area contributed by atoms with Crippen LogP contribution in [0.15, 0.2) is 36.5 Å². The van der Waals surface area contributed by atoms with Gasteiger partial charge >= 0.3 is 0 Å². The maximum atomic E-state index is 5.56. The van der Waals surface area contributed by atoms with E-state index < -0.39 is 0 Å². The molecule has 0 fully saturated rings. The van der Waals surface area contributed by atoms with E-state index in [1.54, 1.807) is 0 Å². The summed E-state index contributed by atoms with van der Waals surface area (Å²) < 4.78 is 2.15. The first-order chi connectivity index (χ1) is 7.33. The fraction of sp³-hybridized carbons (Fsp3) is 0.250. The van der Waals surface area contributed by atoms with Crippen molar-refractivity contribution in [3.63, 3.8) is 0 Å². The second kappa shape index (κ2) is 4.28. The Morgan fingerprint density at radius 1 is 1.27 bits per heavy atom. The van der Waals surface area contributed by atoms with Crippen molar-refractivity contribution in [2.45, 2.75) is 13.3 Å². The molecule has 2 aromatic rings. The molecule has 0 aliphatic rings. The van der Waals surface area contributed by atoms with Crippen molar-refractivity contribution < 1.29 is 0 Å². The number of nitrogens with zero attached hydrogens (tertiary/aromatic N) is 2. The Morgan fingerprint density at radius 3 is 2.67 bits per heavy atom. The molecular formula is C12H15N3. The second-order valence-corrected chi connectivity index (χ2v) is 3.53. The van der Waals surface area contributed by atoms with Crippen molar-refractivity contribution in [2.24, 2.45) is 5.73 Å². The summed E-state index contributed by atoms with van der Waals surface area (Å²) in [6.07, 6.45) is 2.70. The van der Waals surface area contributed by atoms with Crippen LogP contribution in [0, 0.1) is 6.92 Å². The van der Waals surface area contributed by atoms with Gasteiger partial charge in [-0.05, 0) is 25.6 Å². The Hall–Kier alpha value is -1.61. The molecular weight excluding hydrogens is 186 g/mol. The van der Waals surface area contributed by atoms with Gasteiger partial charge in [0.1, 0.15) is 5.82 Å². The molecule has 2 rings (SSSR count). The topological polar surface area (TPSA) is 43.8 Å². The average molecular weight is 201 g/mol. The summed E-state index contributed by atoms with van der Waals surface area (Å²) in [7, 11) is 0. The molecule has 0 bridgehead atoms. The SMILES string of the molecule is Cc1cnc(CCN)n1-c1ccccc1. The molecule has 1 aromatic heterocycles.